The molecule has 6 heteroatoms. The van der Waals surface area contributed by atoms with Gasteiger partial charge in [0.1, 0.15) is 0 Å². The first-order valence-corrected chi connectivity index (χ1v) is 5.42. The van der Waals surface area contributed by atoms with Crippen LogP contribution in [0.1, 0.15) is 5.56 Å². The van der Waals surface area contributed by atoms with Crippen LogP contribution < -0.4 is 5.32 Å². The van der Waals surface area contributed by atoms with Gasteiger partial charge in [-0.25, -0.2) is 0 Å². The summed E-state index contributed by atoms with van der Waals surface area (Å²) < 4.78 is 1.52. The maximum atomic E-state index is 11.7. The summed E-state index contributed by atoms with van der Waals surface area (Å²) in [6.45, 7) is 0. The maximum Gasteiger partial charge on any atom is 0.230 e. The average molecular weight is 251 g/mol. The van der Waals surface area contributed by atoms with Crippen molar-refractivity contribution in [2.24, 2.45) is 7.05 Å². The van der Waals surface area contributed by atoms with E-state index in [1.54, 1.807) is 19.3 Å². The minimum absolute atomic E-state index is 0.168. The highest BCUT2D eigenvalue weighted by molar-refractivity contribution is 6.31. The first kappa shape index (κ1) is 11.6. The first-order valence-electron chi connectivity index (χ1n) is 5.05. The van der Waals surface area contributed by atoms with Crippen LogP contribution in [-0.4, -0.2) is 20.9 Å². The van der Waals surface area contributed by atoms with Crippen molar-refractivity contribution in [2.75, 3.05) is 5.32 Å². The van der Waals surface area contributed by atoms with E-state index in [0.717, 1.165) is 5.56 Å². The largest absolute Gasteiger partial charge is 0.308 e. The summed E-state index contributed by atoms with van der Waals surface area (Å²) in [5, 5.41) is 10.7. The summed E-state index contributed by atoms with van der Waals surface area (Å²) in [5.74, 6) is 0.267. The van der Waals surface area contributed by atoms with Gasteiger partial charge >= 0.3 is 0 Å². The molecule has 88 valence electrons. The van der Waals surface area contributed by atoms with Gasteiger partial charge in [-0.3, -0.25) is 9.48 Å². The van der Waals surface area contributed by atoms with E-state index in [-0.39, 0.29) is 12.3 Å². The second-order valence-electron chi connectivity index (χ2n) is 3.59. The van der Waals surface area contributed by atoms with Crippen molar-refractivity contribution in [3.05, 3.63) is 41.0 Å². The van der Waals surface area contributed by atoms with Crippen molar-refractivity contribution in [1.29, 1.82) is 0 Å². The summed E-state index contributed by atoms with van der Waals surface area (Å²) >= 11 is 5.96. The fourth-order valence-corrected chi connectivity index (χ4v) is 1.61. The molecule has 0 aliphatic heterocycles. The summed E-state index contributed by atoms with van der Waals surface area (Å²) in [6, 6.07) is 7.24. The monoisotopic (exact) mass is 250 g/mol. The Kier molecular flexibility index (Phi) is 3.39. The number of carbonyl (C=O) groups excluding carboxylic acids is 1. The Balaban J connectivity index is 2.01. The molecule has 2 rings (SSSR count). The summed E-state index contributed by atoms with van der Waals surface area (Å²) in [6.07, 6.45) is 1.85. The molecule has 5 nitrogen and oxygen atoms in total. The molecule has 1 aromatic heterocycles. The lowest BCUT2D eigenvalue weighted by molar-refractivity contribution is -0.115. The maximum absolute atomic E-state index is 11.7. The number of rotatable bonds is 3. The second kappa shape index (κ2) is 4.97. The lowest BCUT2D eigenvalue weighted by atomic mass is 10.1. The van der Waals surface area contributed by atoms with Gasteiger partial charge in [0.2, 0.25) is 5.91 Å². The number of benzene rings is 1. The standard InChI is InChI=1S/C11H11ClN4O/c1-16-7-10(14-15-16)13-11(17)6-8-4-2-3-5-9(8)12/h2-5,7H,6H2,1H3,(H,13,17). The summed E-state index contributed by atoms with van der Waals surface area (Å²) in [5.41, 5.74) is 0.788. The van der Waals surface area contributed by atoms with Crippen LogP contribution in [0.4, 0.5) is 5.82 Å². The molecule has 17 heavy (non-hydrogen) atoms. The lowest BCUT2D eigenvalue weighted by Gasteiger charge is -2.03. The minimum atomic E-state index is -0.168. The number of aromatic nitrogens is 3. The van der Waals surface area contributed by atoms with E-state index >= 15 is 0 Å². The zero-order chi connectivity index (χ0) is 12.3. The van der Waals surface area contributed by atoms with Crippen molar-refractivity contribution < 1.29 is 4.79 Å². The molecule has 0 spiro atoms. The number of amides is 1. The van der Waals surface area contributed by atoms with Crippen molar-refractivity contribution in [1.82, 2.24) is 15.0 Å². The van der Waals surface area contributed by atoms with E-state index < -0.39 is 0 Å². The molecule has 1 heterocycles. The number of anilines is 1. The van der Waals surface area contributed by atoms with Crippen LogP contribution in [0.5, 0.6) is 0 Å². The van der Waals surface area contributed by atoms with Gasteiger partial charge in [-0.1, -0.05) is 35.0 Å². The topological polar surface area (TPSA) is 59.8 Å². The zero-order valence-electron chi connectivity index (χ0n) is 9.22. The number of nitrogens with one attached hydrogen (secondary N) is 1. The highest BCUT2D eigenvalue weighted by Gasteiger charge is 2.08. The minimum Gasteiger partial charge on any atom is -0.308 e. The SMILES string of the molecule is Cn1cc(NC(=O)Cc2ccccc2Cl)nn1. The Bertz CT molecular complexity index is 538. The van der Waals surface area contributed by atoms with Gasteiger partial charge < -0.3 is 5.32 Å². The van der Waals surface area contributed by atoms with E-state index in [4.69, 9.17) is 11.6 Å². The van der Waals surface area contributed by atoms with Crippen LogP contribution in [0.2, 0.25) is 5.02 Å². The predicted octanol–water partition coefficient (Wildman–Crippen LogP) is 1.65. The van der Waals surface area contributed by atoms with E-state index in [2.05, 4.69) is 15.6 Å². The molecule has 1 N–H and O–H groups in total. The molecule has 0 aliphatic rings. The normalized spacial score (nSPS) is 10.2. The molecule has 1 amide bonds. The van der Waals surface area contributed by atoms with Crippen LogP contribution in [0.15, 0.2) is 30.5 Å². The quantitative estimate of drug-likeness (QED) is 0.901. The Morgan fingerprint density at radius 2 is 2.24 bits per heavy atom. The Morgan fingerprint density at radius 3 is 2.88 bits per heavy atom. The van der Waals surface area contributed by atoms with Gasteiger partial charge in [-0.05, 0) is 11.6 Å². The first-order chi connectivity index (χ1) is 8.15. The van der Waals surface area contributed by atoms with Gasteiger partial charge in [0.15, 0.2) is 5.82 Å². The number of aryl methyl sites for hydroxylation is 1. The molecule has 0 saturated carbocycles. The van der Waals surface area contributed by atoms with E-state index in [1.807, 2.05) is 18.2 Å². The highest BCUT2D eigenvalue weighted by atomic mass is 35.5. The number of hydrogen-bond donors (Lipinski definition) is 1. The van der Waals surface area contributed by atoms with E-state index in [0.29, 0.717) is 10.8 Å². The Hall–Kier alpha value is -1.88. The number of nitrogens with zero attached hydrogens (tertiary/aromatic N) is 3. The molecular weight excluding hydrogens is 240 g/mol. The Labute approximate surface area is 103 Å². The second-order valence-corrected chi connectivity index (χ2v) is 4.00. The van der Waals surface area contributed by atoms with E-state index in [1.165, 1.54) is 4.68 Å². The summed E-state index contributed by atoms with van der Waals surface area (Å²) in [7, 11) is 1.73. The third kappa shape index (κ3) is 3.04. The van der Waals surface area contributed by atoms with Crippen molar-refractivity contribution >= 4 is 23.3 Å². The molecular formula is C11H11ClN4O. The molecule has 1 aromatic carbocycles. The molecule has 0 saturated heterocycles. The predicted molar refractivity (Wildman–Crippen MR) is 64.8 cm³/mol. The fourth-order valence-electron chi connectivity index (χ4n) is 1.41. The molecule has 0 bridgehead atoms. The van der Waals surface area contributed by atoms with Crippen molar-refractivity contribution in [3.8, 4) is 0 Å². The Morgan fingerprint density at radius 1 is 1.47 bits per heavy atom. The molecule has 0 unspecified atom stereocenters. The molecule has 2 aromatic rings. The van der Waals surface area contributed by atoms with Crippen LogP contribution in [0, 0.1) is 0 Å². The van der Waals surface area contributed by atoms with Crippen LogP contribution >= 0.6 is 11.6 Å². The van der Waals surface area contributed by atoms with Gasteiger partial charge in [-0.15, -0.1) is 5.10 Å². The highest BCUT2D eigenvalue weighted by Crippen LogP contribution is 2.15. The van der Waals surface area contributed by atoms with Crippen LogP contribution in [-0.2, 0) is 18.3 Å². The molecule has 0 aliphatic carbocycles. The molecule has 0 atom stereocenters. The van der Waals surface area contributed by atoms with Gasteiger partial charge in [0, 0.05) is 12.1 Å². The molecule has 0 radical (unpaired) electrons. The number of hydrogen-bond acceptors (Lipinski definition) is 3. The fraction of sp³-hybridized carbons (Fsp3) is 0.182. The zero-order valence-corrected chi connectivity index (χ0v) is 9.98. The van der Waals surface area contributed by atoms with E-state index in [9.17, 15) is 4.79 Å². The number of carbonyl (C=O) groups is 1. The van der Waals surface area contributed by atoms with Gasteiger partial charge in [0.25, 0.3) is 0 Å². The third-order valence-electron chi connectivity index (χ3n) is 2.18. The average Bonchev–Trinajstić information content (AvgIpc) is 2.67. The van der Waals surface area contributed by atoms with Crippen molar-refractivity contribution in [2.45, 2.75) is 6.42 Å². The number of halogens is 1. The van der Waals surface area contributed by atoms with Gasteiger partial charge in [0.05, 0.1) is 12.6 Å². The smallest absolute Gasteiger partial charge is 0.230 e. The van der Waals surface area contributed by atoms with Crippen molar-refractivity contribution in [3.63, 3.8) is 0 Å². The van der Waals surface area contributed by atoms with Gasteiger partial charge in [-0.2, -0.15) is 0 Å². The molecule has 0 fully saturated rings. The third-order valence-corrected chi connectivity index (χ3v) is 2.55. The summed E-state index contributed by atoms with van der Waals surface area (Å²) in [4.78, 5) is 11.7. The van der Waals surface area contributed by atoms with Crippen LogP contribution in [0.3, 0.4) is 0 Å². The van der Waals surface area contributed by atoms with Crippen LogP contribution in [0.25, 0.3) is 0 Å². The lowest BCUT2D eigenvalue weighted by Crippen LogP contribution is -2.14.